The minimum atomic E-state index is 0.224. The topological polar surface area (TPSA) is 24.4 Å². The van der Waals surface area contributed by atoms with Gasteiger partial charge in [-0.1, -0.05) is 75.6 Å². The van der Waals surface area contributed by atoms with Gasteiger partial charge in [0, 0.05) is 11.1 Å². The van der Waals surface area contributed by atoms with Gasteiger partial charge in [-0.15, -0.1) is 0 Å². The van der Waals surface area contributed by atoms with Crippen molar-refractivity contribution in [1.29, 1.82) is 0 Å². The van der Waals surface area contributed by atoms with E-state index in [1.54, 1.807) is 0 Å². The van der Waals surface area contributed by atoms with Crippen molar-refractivity contribution in [3.05, 3.63) is 65.2 Å². The lowest BCUT2D eigenvalue weighted by Gasteiger charge is -2.42. The molecule has 2 aliphatic rings. The Balaban J connectivity index is 1.64. The van der Waals surface area contributed by atoms with Gasteiger partial charge in [-0.3, -0.25) is 4.99 Å². The van der Waals surface area contributed by atoms with Crippen molar-refractivity contribution in [3.63, 3.8) is 0 Å². The lowest BCUT2D eigenvalue weighted by atomic mass is 9.67. The van der Waals surface area contributed by atoms with Gasteiger partial charge in [-0.25, -0.2) is 0 Å². The van der Waals surface area contributed by atoms with Crippen molar-refractivity contribution in [1.82, 2.24) is 0 Å². The third-order valence-electron chi connectivity index (χ3n) is 6.15. The second-order valence-corrected chi connectivity index (χ2v) is 8.36. The lowest BCUT2D eigenvalue weighted by molar-refractivity contribution is 0.278. The molecule has 1 aliphatic heterocycles. The molecule has 0 saturated heterocycles. The standard InChI is InChI=1S/C24H30N2/c1-18(2)20-11-8-9-19(15-20)17-25-23-24(13-6-3-7-14-24)16-21-10-4-5-12-22(21)26-23/h4-5,8-12,15,18H,3,6-7,13-14,16-17H2,1-2H3,(H,25,26). The lowest BCUT2D eigenvalue weighted by Crippen LogP contribution is -2.43. The summed E-state index contributed by atoms with van der Waals surface area (Å²) in [7, 11) is 0. The summed E-state index contributed by atoms with van der Waals surface area (Å²) >= 11 is 0. The van der Waals surface area contributed by atoms with Gasteiger partial charge in [0.2, 0.25) is 0 Å². The summed E-state index contributed by atoms with van der Waals surface area (Å²) in [5, 5.41) is 3.72. The Morgan fingerprint density at radius 2 is 1.81 bits per heavy atom. The zero-order valence-corrected chi connectivity index (χ0v) is 16.1. The van der Waals surface area contributed by atoms with Crippen LogP contribution in [0.1, 0.15) is 68.6 Å². The van der Waals surface area contributed by atoms with E-state index in [0.717, 1.165) is 13.0 Å². The van der Waals surface area contributed by atoms with Crippen LogP contribution in [0.2, 0.25) is 0 Å². The number of rotatable bonds is 3. The number of amidine groups is 1. The molecule has 0 aromatic heterocycles. The molecule has 0 amide bonds. The zero-order valence-electron chi connectivity index (χ0n) is 16.1. The number of hydrogen-bond donors (Lipinski definition) is 1. The first-order chi connectivity index (χ1) is 12.7. The van der Waals surface area contributed by atoms with E-state index in [0.29, 0.717) is 5.92 Å². The van der Waals surface area contributed by atoms with E-state index in [1.807, 2.05) is 0 Å². The van der Waals surface area contributed by atoms with E-state index < -0.39 is 0 Å². The van der Waals surface area contributed by atoms with Gasteiger partial charge in [0.05, 0.1) is 6.54 Å². The van der Waals surface area contributed by atoms with Crippen molar-refractivity contribution < 1.29 is 0 Å². The van der Waals surface area contributed by atoms with Gasteiger partial charge in [-0.2, -0.15) is 0 Å². The van der Waals surface area contributed by atoms with Gasteiger partial charge in [0.1, 0.15) is 5.84 Å². The average molecular weight is 347 g/mol. The first-order valence-corrected chi connectivity index (χ1v) is 10.1. The highest BCUT2D eigenvalue weighted by Crippen LogP contribution is 2.45. The largest absolute Gasteiger partial charge is 0.343 e. The van der Waals surface area contributed by atoms with Crippen LogP contribution in [-0.4, -0.2) is 5.84 Å². The molecule has 0 unspecified atom stereocenters. The molecule has 26 heavy (non-hydrogen) atoms. The van der Waals surface area contributed by atoms with Crippen LogP contribution in [0.4, 0.5) is 5.69 Å². The molecule has 2 aromatic carbocycles. The number of fused-ring (bicyclic) bond motifs is 1. The Hall–Kier alpha value is -2.09. The van der Waals surface area contributed by atoms with Crippen molar-refractivity contribution >= 4 is 11.5 Å². The highest BCUT2D eigenvalue weighted by atomic mass is 15.0. The summed E-state index contributed by atoms with van der Waals surface area (Å²) in [6.45, 7) is 5.27. The fourth-order valence-corrected chi connectivity index (χ4v) is 4.58. The van der Waals surface area contributed by atoms with Crippen LogP contribution in [-0.2, 0) is 13.0 Å². The predicted molar refractivity (Wildman–Crippen MR) is 111 cm³/mol. The summed E-state index contributed by atoms with van der Waals surface area (Å²) < 4.78 is 0. The molecular formula is C24H30N2. The molecule has 0 radical (unpaired) electrons. The molecule has 2 aromatic rings. The van der Waals surface area contributed by atoms with E-state index in [2.05, 4.69) is 67.7 Å². The van der Waals surface area contributed by atoms with E-state index in [9.17, 15) is 0 Å². The quantitative estimate of drug-likeness (QED) is 0.690. The Morgan fingerprint density at radius 1 is 1.00 bits per heavy atom. The first kappa shape index (κ1) is 17.3. The van der Waals surface area contributed by atoms with Crippen molar-refractivity contribution in [2.45, 2.75) is 64.8 Å². The number of para-hydroxylation sites is 1. The molecule has 0 bridgehead atoms. The summed E-state index contributed by atoms with van der Waals surface area (Å²) in [4.78, 5) is 5.14. The molecule has 4 rings (SSSR count). The summed E-state index contributed by atoms with van der Waals surface area (Å²) in [6.07, 6.45) is 7.68. The maximum Gasteiger partial charge on any atom is 0.108 e. The number of hydrogen-bond acceptors (Lipinski definition) is 1. The second kappa shape index (κ2) is 7.26. The van der Waals surface area contributed by atoms with Gasteiger partial charge >= 0.3 is 0 Å². The molecule has 2 nitrogen and oxygen atoms in total. The van der Waals surface area contributed by atoms with Crippen molar-refractivity contribution in [2.24, 2.45) is 10.4 Å². The average Bonchev–Trinajstić information content (AvgIpc) is 2.67. The highest BCUT2D eigenvalue weighted by Gasteiger charge is 2.40. The molecule has 0 atom stereocenters. The molecule has 1 saturated carbocycles. The van der Waals surface area contributed by atoms with E-state index >= 15 is 0 Å². The Bertz CT molecular complexity index is 797. The van der Waals surface area contributed by atoms with Crippen molar-refractivity contribution in [2.75, 3.05) is 5.32 Å². The SMILES string of the molecule is CC(C)c1cccc(CN=C2Nc3ccccc3CC23CCCCC3)c1. The third-order valence-corrected chi connectivity index (χ3v) is 6.15. The van der Waals surface area contributed by atoms with Crippen LogP contribution < -0.4 is 5.32 Å². The maximum absolute atomic E-state index is 5.14. The summed E-state index contributed by atoms with van der Waals surface area (Å²) in [6, 6.07) is 17.7. The van der Waals surface area contributed by atoms with Gasteiger partial charge in [0.25, 0.3) is 0 Å². The third kappa shape index (κ3) is 3.42. The minimum absolute atomic E-state index is 0.224. The van der Waals surface area contributed by atoms with Crippen LogP contribution in [0.25, 0.3) is 0 Å². The Labute approximate surface area is 157 Å². The predicted octanol–water partition coefficient (Wildman–Crippen LogP) is 6.33. The smallest absolute Gasteiger partial charge is 0.108 e. The van der Waals surface area contributed by atoms with Crippen molar-refractivity contribution in [3.8, 4) is 0 Å². The molecule has 136 valence electrons. The minimum Gasteiger partial charge on any atom is -0.343 e. The van der Waals surface area contributed by atoms with Crippen LogP contribution in [0.3, 0.4) is 0 Å². The van der Waals surface area contributed by atoms with Crippen LogP contribution in [0, 0.1) is 5.41 Å². The van der Waals surface area contributed by atoms with E-state index in [1.165, 1.54) is 60.3 Å². The monoisotopic (exact) mass is 346 g/mol. The molecule has 1 fully saturated rings. The molecule has 1 heterocycles. The van der Waals surface area contributed by atoms with Crippen LogP contribution in [0.5, 0.6) is 0 Å². The molecule has 1 N–H and O–H groups in total. The fourth-order valence-electron chi connectivity index (χ4n) is 4.58. The number of benzene rings is 2. The molecule has 1 spiro atoms. The van der Waals surface area contributed by atoms with Crippen LogP contribution >= 0.6 is 0 Å². The second-order valence-electron chi connectivity index (χ2n) is 8.36. The van der Waals surface area contributed by atoms with Gasteiger partial charge in [0.15, 0.2) is 0 Å². The number of nitrogens with one attached hydrogen (secondary N) is 1. The normalized spacial score (nSPS) is 20.2. The Morgan fingerprint density at radius 3 is 2.62 bits per heavy atom. The number of nitrogens with zero attached hydrogens (tertiary/aromatic N) is 1. The number of anilines is 1. The molecule has 2 heteroatoms. The van der Waals surface area contributed by atoms with Crippen LogP contribution in [0.15, 0.2) is 53.5 Å². The molecule has 1 aliphatic carbocycles. The maximum atomic E-state index is 5.14. The first-order valence-electron chi connectivity index (χ1n) is 10.1. The summed E-state index contributed by atoms with van der Waals surface area (Å²) in [5.41, 5.74) is 5.64. The van der Waals surface area contributed by atoms with Gasteiger partial charge in [-0.05, 0) is 47.9 Å². The van der Waals surface area contributed by atoms with E-state index in [-0.39, 0.29) is 5.41 Å². The van der Waals surface area contributed by atoms with Gasteiger partial charge < -0.3 is 5.32 Å². The highest BCUT2D eigenvalue weighted by molar-refractivity contribution is 6.02. The Kier molecular flexibility index (Phi) is 4.84. The number of aliphatic imine (C=N–C) groups is 1. The zero-order chi connectivity index (χ0) is 18.0. The summed E-state index contributed by atoms with van der Waals surface area (Å²) in [5.74, 6) is 1.79. The molecular weight excluding hydrogens is 316 g/mol. The fraction of sp³-hybridized carbons (Fsp3) is 0.458. The van der Waals surface area contributed by atoms with E-state index in [4.69, 9.17) is 4.99 Å².